The minimum absolute atomic E-state index is 0.0201. The number of allylic oxidation sites excluding steroid dienone is 5. The number of ether oxygens (including phenoxy) is 6. The average molecular weight is 1800 g/mol. The summed E-state index contributed by atoms with van der Waals surface area (Å²) < 4.78 is 43.6. The number of benzene rings is 2. The minimum Gasteiger partial charge on any atom is -0.460 e. The molecule has 34 heteroatoms. The van der Waals surface area contributed by atoms with Crippen molar-refractivity contribution in [3.63, 3.8) is 0 Å². The fourth-order valence-corrected chi connectivity index (χ4v) is 19.7. The highest BCUT2D eigenvalue weighted by Crippen LogP contribution is 2.40. The molecule has 7 aliphatic rings. The maximum Gasteiger partial charge on any atom is 0.329 e. The van der Waals surface area contributed by atoms with Gasteiger partial charge in [-0.25, -0.2) is 29.4 Å². The molecular formula is C96H134N16O18. The number of carbonyl (C=O) groups is 6. The Hall–Kier alpha value is -10.0. The number of nitrogens with zero attached hydrogens (tertiary/aromatic N) is 12. The number of aliphatic hydroxyl groups excluding tert-OH is 3. The number of ketones is 1. The van der Waals surface area contributed by atoms with Crippen molar-refractivity contribution in [1.82, 2.24) is 60.0 Å². The maximum atomic E-state index is 14.8. The number of cyclic esters (lactones) is 1. The number of methoxy groups -OCH3 is 3. The molecule has 2 bridgehead atoms. The van der Waals surface area contributed by atoms with Crippen LogP contribution in [0.15, 0.2) is 112 Å². The minimum atomic E-state index is -2.47. The van der Waals surface area contributed by atoms with Crippen LogP contribution in [0.4, 0.5) is 17.8 Å². The van der Waals surface area contributed by atoms with E-state index in [2.05, 4.69) is 65.7 Å². The van der Waals surface area contributed by atoms with E-state index in [1.807, 2.05) is 72.9 Å². The van der Waals surface area contributed by atoms with Gasteiger partial charge in [-0.2, -0.15) is 10.1 Å². The molecule has 1 aliphatic carbocycles. The van der Waals surface area contributed by atoms with Crippen molar-refractivity contribution >= 4 is 81.0 Å². The number of nitrogens with one attached hydrogen (secondary N) is 2. The van der Waals surface area contributed by atoms with Crippen molar-refractivity contribution in [1.29, 1.82) is 0 Å². The lowest BCUT2D eigenvalue weighted by Gasteiger charge is -2.43. The van der Waals surface area contributed by atoms with Crippen LogP contribution in [-0.4, -0.2) is 265 Å². The van der Waals surface area contributed by atoms with Gasteiger partial charge < -0.3 is 99.8 Å². The summed E-state index contributed by atoms with van der Waals surface area (Å²) in [6, 6.07) is 11.1. The first-order chi connectivity index (χ1) is 62.6. The van der Waals surface area contributed by atoms with Crippen molar-refractivity contribution in [3.8, 4) is 11.3 Å². The zero-order valence-electron chi connectivity index (χ0n) is 76.9. The predicted molar refractivity (Wildman–Crippen MR) is 488 cm³/mol. The molecule has 0 radical (unpaired) electrons. The van der Waals surface area contributed by atoms with Crippen LogP contribution in [-0.2, 0) is 88.1 Å². The van der Waals surface area contributed by atoms with E-state index in [1.54, 1.807) is 59.5 Å². The number of aromatic nitrogens is 7. The van der Waals surface area contributed by atoms with Crippen LogP contribution in [0, 0.1) is 41.4 Å². The standard InChI is InChI=1S/C96H134N16O18/c1-57-16-12-11-13-17-58(2)78(123-8)48-72-24-19-63(7)96(122,130-72)88(118)92(120)111-34-15-14-18-74(111)93(121)128-79(60(4)44-64-21-25-75(113)80(46-64)124-9)49-76(114)59(3)43-62(6)86(117)87(125-10)84(61(5)42-57)107-127-55-81(115)100-50-66-51-101-95(102-52-66)109-38-30-71(31-39-109)108-35-27-67(28-36-108)91(119)99-33-41-126-40-32-82(116)110-37-29-68-45-65(20-22-70(68)54-110)53-112-90-83(89(97)103-56-104-90)85(106-112)69-23-26-77-73(47-69)105-94(98)129-77/h11-13,16-17,20,22-23,26,43,45,47,51-52,56-57,59-61,63-64,67,71-72,74-76,78-80,86-87,113-114,117,122H,14-15,18-19,21,24-25,27-42,44,46,48-50,53-55H2,1-10H3,(H2,98,105)(H,99,119)(H,100,115)(H2,97,103,104)/b13-11?,16-12+,58-17?,62-43+,107-84?/t57-,59-,60-,61-,63-,64+,72+,74+,75-,76-,78+,79+,80-,86-,87+,96-/m1/s1. The van der Waals surface area contributed by atoms with Gasteiger partial charge in [0, 0.05) is 133 Å². The number of aliphatic hydroxyl groups is 4. The number of likely N-dealkylation sites (tertiary alicyclic amines) is 1. The van der Waals surface area contributed by atoms with Crippen LogP contribution in [0.5, 0.6) is 0 Å². The monoisotopic (exact) mass is 1800 g/mol. The number of oxime groups is 1. The predicted octanol–water partition coefficient (Wildman–Crippen LogP) is 8.83. The second-order valence-corrected chi connectivity index (χ2v) is 36.9. The van der Waals surface area contributed by atoms with Crippen LogP contribution < -0.4 is 27.0 Å². The van der Waals surface area contributed by atoms with E-state index in [1.165, 1.54) is 23.9 Å². The molecule has 13 rings (SSSR count). The maximum absolute atomic E-state index is 14.8. The lowest BCUT2D eigenvalue weighted by molar-refractivity contribution is -0.265. The highest BCUT2D eigenvalue weighted by Gasteiger charge is 2.53. The molecule has 706 valence electrons. The van der Waals surface area contributed by atoms with Crippen molar-refractivity contribution in [2.24, 2.45) is 46.6 Å². The van der Waals surface area contributed by atoms with Gasteiger partial charge >= 0.3 is 5.97 Å². The van der Waals surface area contributed by atoms with Gasteiger partial charge in [0.2, 0.25) is 23.5 Å². The van der Waals surface area contributed by atoms with Gasteiger partial charge in [0.05, 0.1) is 67.8 Å². The number of amides is 4. The zero-order valence-corrected chi connectivity index (χ0v) is 76.9. The highest BCUT2D eigenvalue weighted by molar-refractivity contribution is 6.39. The molecule has 16 atom stereocenters. The first kappa shape index (κ1) is 97.5. The Balaban J connectivity index is 0.560. The molecule has 1 saturated carbocycles. The summed E-state index contributed by atoms with van der Waals surface area (Å²) in [4.78, 5) is 120. The molecular weight excluding hydrogens is 1670 g/mol. The normalized spacial score (nSPS) is 28.7. The number of oxazole rings is 1. The van der Waals surface area contributed by atoms with Gasteiger partial charge in [-0.3, -0.25) is 24.0 Å². The van der Waals surface area contributed by atoms with E-state index in [9.17, 15) is 49.2 Å². The van der Waals surface area contributed by atoms with Crippen LogP contribution in [0.3, 0.4) is 0 Å². The fraction of sp³-hybridized carbons (Fsp3) is 0.615. The fourth-order valence-electron chi connectivity index (χ4n) is 19.7. The Morgan fingerprint density at radius 2 is 1.55 bits per heavy atom. The van der Waals surface area contributed by atoms with E-state index in [-0.39, 0.29) is 98.9 Å². The second-order valence-electron chi connectivity index (χ2n) is 36.9. The number of rotatable bonds is 23. The smallest absolute Gasteiger partial charge is 0.329 e. The Labute approximate surface area is 760 Å². The molecule has 6 aliphatic heterocycles. The second kappa shape index (κ2) is 45.4. The summed E-state index contributed by atoms with van der Waals surface area (Å²) >= 11 is 0. The van der Waals surface area contributed by atoms with Crippen molar-refractivity contribution in [3.05, 3.63) is 125 Å². The summed E-state index contributed by atoms with van der Waals surface area (Å²) in [5, 5.41) is 63.6. The Bertz CT molecular complexity index is 5020. The summed E-state index contributed by atoms with van der Waals surface area (Å²) in [5.74, 6) is -7.00. The van der Waals surface area contributed by atoms with Crippen LogP contribution in [0.25, 0.3) is 33.4 Å². The Morgan fingerprint density at radius 1 is 0.769 bits per heavy atom. The summed E-state index contributed by atoms with van der Waals surface area (Å²) in [6.45, 7) is 18.4. The van der Waals surface area contributed by atoms with Gasteiger partial charge in [0.1, 0.15) is 47.7 Å². The Morgan fingerprint density at radius 3 is 2.32 bits per heavy atom. The molecule has 2 aromatic carbocycles. The van der Waals surface area contributed by atoms with Crippen LogP contribution >= 0.6 is 0 Å². The average Bonchev–Trinajstić information content (AvgIpc) is 1.39. The summed E-state index contributed by atoms with van der Waals surface area (Å²) in [5.41, 5.74) is 21.0. The number of hydrogen-bond acceptors (Lipinski definition) is 29. The molecule has 4 saturated heterocycles. The lowest BCUT2D eigenvalue weighted by atomic mass is 9.78. The SMILES string of the molecule is CO[C@H]1C[C@@H]2CC[C@@H](C)[C@@](O)(O2)C(=O)C(=O)N2CCCC[C@H]2C(=O)O[C@H]([C@H](C)C[C@@H]2CC[C@@H](O)[C@H](OC)C2)C[C@@H](O)[C@H](C)/C=C(\C)[C@@H](O)[C@@H](OC)C(=NOCC(=O)NCc2cnc(N3CCC(N4CCC(C(=O)NCCOCCC(=O)N5CCc6cc(Cn7nc(-c8ccc9oc(N)nc9c8)c8c(N)ncnc87)ccc6C5)CC4)CC3)nc2)[C@H](C)C[C@H](C)/C=C/C=CC=C1C. The Kier molecular flexibility index (Phi) is 34.1. The molecule has 130 heavy (non-hydrogen) atoms. The van der Waals surface area contributed by atoms with Gasteiger partial charge in [-0.05, 0) is 187 Å². The van der Waals surface area contributed by atoms with E-state index in [4.69, 9.17) is 64.2 Å². The molecule has 10 heterocycles. The first-order valence-electron chi connectivity index (χ1n) is 46.5. The van der Waals surface area contributed by atoms with Gasteiger partial charge in [0.15, 0.2) is 17.8 Å². The number of Topliss-reactive ketones (excluding diaryl/α,β-unsaturated/α-hetero) is 1. The number of nitrogens with two attached hydrogens (primary N) is 2. The number of anilines is 3. The third kappa shape index (κ3) is 24.5. The molecule has 0 spiro atoms. The van der Waals surface area contributed by atoms with Crippen molar-refractivity contribution in [2.75, 3.05) is 103 Å². The topological polar surface area (TPSA) is 445 Å². The van der Waals surface area contributed by atoms with E-state index < -0.39 is 96.6 Å². The number of nitrogen functional groups attached to an aromatic ring is 2. The van der Waals surface area contributed by atoms with E-state index in [0.717, 1.165) is 74.1 Å². The van der Waals surface area contributed by atoms with Crippen LogP contribution in [0.1, 0.15) is 180 Å². The number of esters is 1. The largest absolute Gasteiger partial charge is 0.460 e. The zero-order chi connectivity index (χ0) is 92.5. The third-order valence-electron chi connectivity index (χ3n) is 27.6. The number of hydrogen-bond donors (Lipinski definition) is 8. The molecule has 34 nitrogen and oxygen atoms in total. The van der Waals surface area contributed by atoms with Gasteiger partial charge in [-0.15, -0.1) is 0 Å². The molecule has 0 unspecified atom stereocenters. The number of piperidine rings is 3. The van der Waals surface area contributed by atoms with E-state index >= 15 is 0 Å². The summed E-state index contributed by atoms with van der Waals surface area (Å²) in [6.07, 6.45) is 19.4. The van der Waals surface area contributed by atoms with Crippen LogP contribution in [0.2, 0.25) is 0 Å². The first-order valence-corrected chi connectivity index (χ1v) is 46.5. The summed E-state index contributed by atoms with van der Waals surface area (Å²) in [7, 11) is 4.61. The molecule has 6 aromatic rings. The van der Waals surface area contributed by atoms with Gasteiger partial charge in [-0.1, -0.05) is 94.4 Å². The molecule has 4 amide bonds. The number of fused-ring (bicyclic) bond motifs is 6. The third-order valence-corrected chi connectivity index (χ3v) is 27.6. The highest BCUT2D eigenvalue weighted by atomic mass is 16.6. The molecule has 5 fully saturated rings. The van der Waals surface area contributed by atoms with E-state index in [0.29, 0.717) is 159 Å². The quantitative estimate of drug-likeness (QED) is 0.00975. The van der Waals surface area contributed by atoms with Gasteiger partial charge in [0.25, 0.3) is 23.6 Å². The van der Waals surface area contributed by atoms with Crippen molar-refractivity contribution < 1.29 is 86.9 Å². The van der Waals surface area contributed by atoms with Crippen molar-refractivity contribution in [2.45, 2.75) is 250 Å². The molecule has 10 N–H and O–H groups in total. The molecule has 4 aromatic heterocycles. The lowest BCUT2D eigenvalue weighted by Crippen LogP contribution is -2.61. The number of carbonyl (C=O) groups excluding carboxylic acids is 6.